The van der Waals surface area contributed by atoms with Gasteiger partial charge in [0, 0.05) is 11.3 Å². The minimum absolute atomic E-state index is 0.177. The molecule has 0 aliphatic heterocycles. The summed E-state index contributed by atoms with van der Waals surface area (Å²) in [6, 6.07) is 12.3. The van der Waals surface area contributed by atoms with E-state index in [4.69, 9.17) is 19.9 Å². The molecule has 0 aliphatic carbocycles. The molecule has 0 saturated heterocycles. The third kappa shape index (κ3) is 3.95. The molecule has 7 nitrogen and oxygen atoms in total. The Morgan fingerprint density at radius 2 is 1.70 bits per heavy atom. The predicted molar refractivity (Wildman–Crippen MR) is 106 cm³/mol. The van der Waals surface area contributed by atoms with E-state index >= 15 is 0 Å². The number of nitrogens with two attached hydrogens (primary N) is 1. The standard InChI is InChI=1S/C19H19N3O4S/c1-24-13-7-5-12(6-8-13)21-19-22-18(20)17(27-19)16(23)11-4-9-14(25-2)15(10-11)26-3/h4-10H,20H2,1-3H3,(H,21,22). The van der Waals surface area contributed by atoms with Crippen molar-refractivity contribution in [2.45, 2.75) is 0 Å². The fourth-order valence-electron chi connectivity index (χ4n) is 2.45. The molecule has 1 aromatic heterocycles. The molecular weight excluding hydrogens is 366 g/mol. The molecule has 3 N–H and O–H groups in total. The molecule has 0 unspecified atom stereocenters. The summed E-state index contributed by atoms with van der Waals surface area (Å²) in [6.07, 6.45) is 0. The highest BCUT2D eigenvalue weighted by Gasteiger charge is 2.19. The smallest absolute Gasteiger partial charge is 0.206 e. The second-order valence-electron chi connectivity index (χ2n) is 5.49. The minimum Gasteiger partial charge on any atom is -0.497 e. The fraction of sp³-hybridized carbons (Fsp3) is 0.158. The van der Waals surface area contributed by atoms with Crippen molar-refractivity contribution in [1.82, 2.24) is 4.98 Å². The average molecular weight is 385 g/mol. The monoisotopic (exact) mass is 385 g/mol. The second kappa shape index (κ2) is 7.96. The van der Waals surface area contributed by atoms with Crippen molar-refractivity contribution in [3.8, 4) is 17.2 Å². The summed E-state index contributed by atoms with van der Waals surface area (Å²) in [5.74, 6) is 1.73. The molecule has 0 saturated carbocycles. The quantitative estimate of drug-likeness (QED) is 0.598. The highest BCUT2D eigenvalue weighted by atomic mass is 32.1. The molecule has 0 bridgehead atoms. The Bertz CT molecular complexity index is 954. The molecule has 0 amide bonds. The van der Waals surface area contributed by atoms with Gasteiger partial charge in [0.25, 0.3) is 0 Å². The van der Waals surface area contributed by atoms with Crippen molar-refractivity contribution in [3.05, 3.63) is 52.9 Å². The van der Waals surface area contributed by atoms with Crippen LogP contribution in [0.15, 0.2) is 42.5 Å². The summed E-state index contributed by atoms with van der Waals surface area (Å²) in [6.45, 7) is 0. The summed E-state index contributed by atoms with van der Waals surface area (Å²) in [5, 5.41) is 3.67. The molecule has 3 aromatic rings. The number of rotatable bonds is 7. The fourth-order valence-corrected chi connectivity index (χ4v) is 3.32. The van der Waals surface area contributed by atoms with Crippen LogP contribution in [0.1, 0.15) is 15.2 Å². The van der Waals surface area contributed by atoms with Gasteiger partial charge in [-0.05, 0) is 42.5 Å². The van der Waals surface area contributed by atoms with E-state index in [0.717, 1.165) is 11.4 Å². The average Bonchev–Trinajstić information content (AvgIpc) is 3.07. The number of hydrogen-bond donors (Lipinski definition) is 2. The minimum atomic E-state index is -0.228. The number of nitrogens with zero attached hydrogens (tertiary/aromatic N) is 1. The number of aromatic nitrogens is 1. The van der Waals surface area contributed by atoms with Crippen molar-refractivity contribution < 1.29 is 19.0 Å². The van der Waals surface area contributed by atoms with Crippen LogP contribution < -0.4 is 25.3 Å². The van der Waals surface area contributed by atoms with E-state index in [1.165, 1.54) is 25.6 Å². The number of anilines is 3. The first-order valence-electron chi connectivity index (χ1n) is 7.99. The lowest BCUT2D eigenvalue weighted by molar-refractivity contribution is 0.104. The molecule has 8 heteroatoms. The lowest BCUT2D eigenvalue weighted by Crippen LogP contribution is -2.03. The lowest BCUT2D eigenvalue weighted by atomic mass is 10.1. The number of methoxy groups -OCH3 is 3. The van der Waals surface area contributed by atoms with Crippen molar-refractivity contribution in [2.75, 3.05) is 32.4 Å². The number of hydrogen-bond acceptors (Lipinski definition) is 8. The van der Waals surface area contributed by atoms with Crippen molar-refractivity contribution in [3.63, 3.8) is 0 Å². The summed E-state index contributed by atoms with van der Waals surface area (Å²) in [4.78, 5) is 17.4. The largest absolute Gasteiger partial charge is 0.497 e. The van der Waals surface area contributed by atoms with E-state index in [1.54, 1.807) is 25.3 Å². The van der Waals surface area contributed by atoms with E-state index in [-0.39, 0.29) is 11.6 Å². The zero-order valence-corrected chi connectivity index (χ0v) is 15.9. The number of nitrogen functional groups attached to an aromatic ring is 1. The highest BCUT2D eigenvalue weighted by Crippen LogP contribution is 2.33. The van der Waals surface area contributed by atoms with Gasteiger partial charge in [-0.1, -0.05) is 11.3 Å². The molecule has 0 atom stereocenters. The number of carbonyl (C=O) groups excluding carboxylic acids is 1. The number of carbonyl (C=O) groups is 1. The van der Waals surface area contributed by atoms with E-state index < -0.39 is 0 Å². The zero-order valence-electron chi connectivity index (χ0n) is 15.1. The van der Waals surface area contributed by atoms with Crippen LogP contribution in [0.2, 0.25) is 0 Å². The van der Waals surface area contributed by atoms with Gasteiger partial charge in [0.2, 0.25) is 5.78 Å². The molecule has 27 heavy (non-hydrogen) atoms. The Balaban J connectivity index is 1.84. The molecular formula is C19H19N3O4S. The maximum absolute atomic E-state index is 12.8. The first kappa shape index (κ1) is 18.5. The van der Waals surface area contributed by atoms with Gasteiger partial charge in [-0.15, -0.1) is 0 Å². The number of ketones is 1. The number of nitrogens with one attached hydrogen (secondary N) is 1. The van der Waals surface area contributed by atoms with Gasteiger partial charge in [-0.3, -0.25) is 4.79 Å². The Kier molecular flexibility index (Phi) is 5.46. The maximum Gasteiger partial charge on any atom is 0.206 e. The number of benzene rings is 2. The first-order valence-corrected chi connectivity index (χ1v) is 8.81. The van der Waals surface area contributed by atoms with E-state index in [0.29, 0.717) is 27.1 Å². The molecule has 0 radical (unpaired) electrons. The lowest BCUT2D eigenvalue weighted by Gasteiger charge is -2.08. The van der Waals surface area contributed by atoms with Crippen LogP contribution in [0.25, 0.3) is 0 Å². The van der Waals surface area contributed by atoms with Crippen molar-refractivity contribution in [2.24, 2.45) is 0 Å². The molecule has 140 valence electrons. The van der Waals surface area contributed by atoms with Crippen LogP contribution in [0, 0.1) is 0 Å². The van der Waals surface area contributed by atoms with Crippen LogP contribution in [0.3, 0.4) is 0 Å². The molecule has 0 spiro atoms. The molecule has 3 rings (SSSR count). The molecule has 2 aromatic carbocycles. The van der Waals surface area contributed by atoms with Gasteiger partial charge < -0.3 is 25.3 Å². The van der Waals surface area contributed by atoms with E-state index in [2.05, 4.69) is 10.3 Å². The van der Waals surface area contributed by atoms with Gasteiger partial charge in [-0.25, -0.2) is 4.98 Å². The number of ether oxygens (including phenoxy) is 3. The van der Waals surface area contributed by atoms with Crippen LogP contribution in [-0.2, 0) is 0 Å². The Morgan fingerprint density at radius 1 is 1.00 bits per heavy atom. The van der Waals surface area contributed by atoms with Gasteiger partial charge in [0.1, 0.15) is 16.4 Å². The third-order valence-corrected chi connectivity index (χ3v) is 4.83. The molecule has 0 fully saturated rings. The van der Waals surface area contributed by atoms with Crippen LogP contribution in [0.5, 0.6) is 17.2 Å². The number of thiazole rings is 1. The van der Waals surface area contributed by atoms with Gasteiger partial charge in [0.05, 0.1) is 21.3 Å². The van der Waals surface area contributed by atoms with Gasteiger partial charge in [-0.2, -0.15) is 0 Å². The molecule has 1 heterocycles. The van der Waals surface area contributed by atoms with Crippen molar-refractivity contribution in [1.29, 1.82) is 0 Å². The Morgan fingerprint density at radius 3 is 2.33 bits per heavy atom. The Labute approximate surface area is 160 Å². The topological polar surface area (TPSA) is 95.7 Å². The van der Waals surface area contributed by atoms with E-state index in [9.17, 15) is 4.79 Å². The zero-order chi connectivity index (χ0) is 19.4. The third-order valence-electron chi connectivity index (χ3n) is 3.85. The van der Waals surface area contributed by atoms with Crippen LogP contribution in [-0.4, -0.2) is 32.1 Å². The first-order chi connectivity index (χ1) is 13.0. The highest BCUT2D eigenvalue weighted by molar-refractivity contribution is 7.18. The summed E-state index contributed by atoms with van der Waals surface area (Å²) in [5.41, 5.74) is 7.23. The Hall–Kier alpha value is -3.26. The van der Waals surface area contributed by atoms with Gasteiger partial charge in [0.15, 0.2) is 16.6 Å². The van der Waals surface area contributed by atoms with Gasteiger partial charge >= 0.3 is 0 Å². The summed E-state index contributed by atoms with van der Waals surface area (Å²) in [7, 11) is 4.66. The second-order valence-corrected chi connectivity index (χ2v) is 6.48. The van der Waals surface area contributed by atoms with Crippen molar-refractivity contribution >= 4 is 33.8 Å². The van der Waals surface area contributed by atoms with Crippen LogP contribution in [0.4, 0.5) is 16.6 Å². The maximum atomic E-state index is 12.8. The predicted octanol–water partition coefficient (Wildman–Crippen LogP) is 3.73. The SMILES string of the molecule is COc1ccc(Nc2nc(N)c(C(=O)c3ccc(OC)c(OC)c3)s2)cc1. The summed E-state index contributed by atoms with van der Waals surface area (Å²) < 4.78 is 15.6. The normalized spacial score (nSPS) is 10.3. The summed E-state index contributed by atoms with van der Waals surface area (Å²) >= 11 is 1.19. The van der Waals surface area contributed by atoms with E-state index in [1.807, 2.05) is 24.3 Å². The van der Waals surface area contributed by atoms with Crippen LogP contribution >= 0.6 is 11.3 Å². The molecule has 0 aliphatic rings.